The predicted molar refractivity (Wildman–Crippen MR) is 62.3 cm³/mol. The number of hydrogen-bond acceptors (Lipinski definition) is 2. The summed E-state index contributed by atoms with van der Waals surface area (Å²) >= 11 is 3.36. The lowest BCUT2D eigenvalue weighted by molar-refractivity contribution is 0.406. The molecule has 2 N–H and O–H groups in total. The average Bonchev–Trinajstić information content (AvgIpc) is 2.50. The Balaban J connectivity index is 2.32. The van der Waals surface area contributed by atoms with Gasteiger partial charge in [-0.3, -0.25) is 0 Å². The van der Waals surface area contributed by atoms with E-state index in [-0.39, 0.29) is 17.8 Å². The minimum atomic E-state index is -0.158. The van der Waals surface area contributed by atoms with Crippen LogP contribution in [0.25, 0.3) is 0 Å². The molecule has 1 saturated heterocycles. The van der Waals surface area contributed by atoms with Crippen LogP contribution in [0, 0.1) is 5.82 Å². The first-order valence-electron chi connectivity index (χ1n) is 4.97. The van der Waals surface area contributed by atoms with Crippen LogP contribution in [-0.4, -0.2) is 31.1 Å². The number of halogens is 2. The maximum absolute atomic E-state index is 13.6. The van der Waals surface area contributed by atoms with Crippen LogP contribution >= 0.6 is 15.9 Å². The second-order valence-electron chi connectivity index (χ2n) is 4.16. The summed E-state index contributed by atoms with van der Waals surface area (Å²) in [4.78, 5) is 2.13. The number of likely N-dealkylation sites (tertiary alicyclic amines) is 1. The number of rotatable bonds is 1. The molecular weight excluding hydrogens is 259 g/mol. The second kappa shape index (κ2) is 4.20. The molecule has 1 aliphatic heterocycles. The zero-order chi connectivity index (χ0) is 11.0. The van der Waals surface area contributed by atoms with Gasteiger partial charge in [-0.05, 0) is 30.8 Å². The van der Waals surface area contributed by atoms with Gasteiger partial charge in [-0.1, -0.05) is 15.9 Å². The Morgan fingerprint density at radius 2 is 2.20 bits per heavy atom. The topological polar surface area (TPSA) is 29.3 Å². The standard InChI is InChI=1S/C11H14BrFN2/c1-15-5-9(11(14)6-15)8-4-7(12)2-3-10(8)13/h2-4,9,11H,5-6,14H2,1H3. The van der Waals surface area contributed by atoms with Gasteiger partial charge in [0.05, 0.1) is 0 Å². The zero-order valence-electron chi connectivity index (χ0n) is 8.58. The van der Waals surface area contributed by atoms with Gasteiger partial charge in [0.15, 0.2) is 0 Å². The molecule has 0 radical (unpaired) electrons. The van der Waals surface area contributed by atoms with E-state index in [9.17, 15) is 4.39 Å². The van der Waals surface area contributed by atoms with Gasteiger partial charge in [0, 0.05) is 29.5 Å². The van der Waals surface area contributed by atoms with Gasteiger partial charge in [0.1, 0.15) is 5.82 Å². The van der Waals surface area contributed by atoms with Crippen molar-refractivity contribution in [2.24, 2.45) is 5.73 Å². The third-order valence-electron chi connectivity index (χ3n) is 2.91. The molecule has 1 aromatic rings. The molecule has 2 nitrogen and oxygen atoms in total. The summed E-state index contributed by atoms with van der Waals surface area (Å²) in [7, 11) is 2.01. The van der Waals surface area contributed by atoms with Crippen molar-refractivity contribution in [1.82, 2.24) is 4.90 Å². The van der Waals surface area contributed by atoms with E-state index in [0.717, 1.165) is 23.1 Å². The first kappa shape index (κ1) is 11.0. The SMILES string of the molecule is CN1CC(N)C(c2cc(Br)ccc2F)C1. The number of likely N-dealkylation sites (N-methyl/N-ethyl adjacent to an activating group) is 1. The summed E-state index contributed by atoms with van der Waals surface area (Å²) < 4.78 is 14.5. The average molecular weight is 273 g/mol. The Morgan fingerprint density at radius 3 is 2.80 bits per heavy atom. The van der Waals surface area contributed by atoms with E-state index in [2.05, 4.69) is 20.8 Å². The largest absolute Gasteiger partial charge is 0.326 e. The second-order valence-corrected chi connectivity index (χ2v) is 5.07. The van der Waals surface area contributed by atoms with E-state index < -0.39 is 0 Å². The Kier molecular flexibility index (Phi) is 3.09. The van der Waals surface area contributed by atoms with E-state index >= 15 is 0 Å². The van der Waals surface area contributed by atoms with Crippen LogP contribution in [0.2, 0.25) is 0 Å². The van der Waals surface area contributed by atoms with Crippen molar-refractivity contribution in [3.05, 3.63) is 34.1 Å². The molecule has 15 heavy (non-hydrogen) atoms. The highest BCUT2D eigenvalue weighted by Gasteiger charge is 2.30. The van der Waals surface area contributed by atoms with Crippen molar-refractivity contribution in [2.45, 2.75) is 12.0 Å². The molecule has 1 aliphatic rings. The minimum absolute atomic E-state index is 0.0267. The van der Waals surface area contributed by atoms with Crippen molar-refractivity contribution < 1.29 is 4.39 Å². The van der Waals surface area contributed by atoms with Crippen molar-refractivity contribution in [3.63, 3.8) is 0 Å². The van der Waals surface area contributed by atoms with Gasteiger partial charge in [-0.2, -0.15) is 0 Å². The highest BCUT2D eigenvalue weighted by atomic mass is 79.9. The predicted octanol–water partition coefficient (Wildman–Crippen LogP) is 1.94. The fourth-order valence-electron chi connectivity index (χ4n) is 2.16. The number of benzene rings is 1. The van der Waals surface area contributed by atoms with Crippen LogP contribution in [0.15, 0.2) is 22.7 Å². The lowest BCUT2D eigenvalue weighted by Crippen LogP contribution is -2.28. The summed E-state index contributed by atoms with van der Waals surface area (Å²) in [6.07, 6.45) is 0. The number of nitrogens with two attached hydrogens (primary N) is 1. The normalized spacial score (nSPS) is 27.2. The molecule has 1 aromatic carbocycles. The molecule has 0 aliphatic carbocycles. The molecule has 2 unspecified atom stereocenters. The highest BCUT2D eigenvalue weighted by Crippen LogP contribution is 2.29. The van der Waals surface area contributed by atoms with Gasteiger partial charge in [0.25, 0.3) is 0 Å². The molecule has 2 atom stereocenters. The molecular formula is C11H14BrFN2. The monoisotopic (exact) mass is 272 g/mol. The highest BCUT2D eigenvalue weighted by molar-refractivity contribution is 9.10. The first-order chi connectivity index (χ1) is 7.08. The van der Waals surface area contributed by atoms with Crippen LogP contribution in [0.3, 0.4) is 0 Å². The van der Waals surface area contributed by atoms with Crippen molar-refractivity contribution in [3.8, 4) is 0 Å². The summed E-state index contributed by atoms with van der Waals surface area (Å²) in [5.74, 6) is -0.0542. The fraction of sp³-hybridized carbons (Fsp3) is 0.455. The summed E-state index contributed by atoms with van der Waals surface area (Å²) in [6, 6.07) is 5.06. The molecule has 1 heterocycles. The minimum Gasteiger partial charge on any atom is -0.326 e. The Labute approximate surface area is 97.4 Å². The van der Waals surface area contributed by atoms with Crippen LogP contribution in [0.4, 0.5) is 4.39 Å². The molecule has 0 amide bonds. The third-order valence-corrected chi connectivity index (χ3v) is 3.40. The van der Waals surface area contributed by atoms with E-state index in [4.69, 9.17) is 5.73 Å². The molecule has 1 fully saturated rings. The van der Waals surface area contributed by atoms with Gasteiger partial charge < -0.3 is 10.6 Å². The number of nitrogens with zero attached hydrogens (tertiary/aromatic N) is 1. The Bertz CT molecular complexity index is 370. The Hall–Kier alpha value is -0.450. The van der Waals surface area contributed by atoms with E-state index in [0.29, 0.717) is 0 Å². The molecule has 0 aromatic heterocycles. The first-order valence-corrected chi connectivity index (χ1v) is 5.76. The quantitative estimate of drug-likeness (QED) is 0.847. The zero-order valence-corrected chi connectivity index (χ0v) is 10.2. The third kappa shape index (κ3) is 2.22. The molecule has 82 valence electrons. The smallest absolute Gasteiger partial charge is 0.126 e. The van der Waals surface area contributed by atoms with Crippen molar-refractivity contribution in [2.75, 3.05) is 20.1 Å². The molecule has 0 spiro atoms. The van der Waals surface area contributed by atoms with Crippen LogP contribution < -0.4 is 5.73 Å². The van der Waals surface area contributed by atoms with Crippen LogP contribution in [-0.2, 0) is 0 Å². The van der Waals surface area contributed by atoms with Crippen LogP contribution in [0.5, 0.6) is 0 Å². The van der Waals surface area contributed by atoms with E-state index in [1.807, 2.05) is 13.1 Å². The van der Waals surface area contributed by atoms with Gasteiger partial charge in [-0.15, -0.1) is 0 Å². The van der Waals surface area contributed by atoms with E-state index in [1.54, 1.807) is 6.07 Å². The fourth-order valence-corrected chi connectivity index (χ4v) is 2.54. The summed E-state index contributed by atoms with van der Waals surface area (Å²) in [5, 5.41) is 0. The van der Waals surface area contributed by atoms with Gasteiger partial charge in [-0.25, -0.2) is 4.39 Å². The lowest BCUT2D eigenvalue weighted by Gasteiger charge is -2.15. The van der Waals surface area contributed by atoms with E-state index in [1.165, 1.54) is 6.07 Å². The summed E-state index contributed by atoms with van der Waals surface area (Å²) in [5.41, 5.74) is 6.72. The van der Waals surface area contributed by atoms with Crippen molar-refractivity contribution >= 4 is 15.9 Å². The van der Waals surface area contributed by atoms with Crippen LogP contribution in [0.1, 0.15) is 11.5 Å². The summed E-state index contributed by atoms with van der Waals surface area (Å²) in [6.45, 7) is 1.66. The molecule has 0 saturated carbocycles. The van der Waals surface area contributed by atoms with Crippen molar-refractivity contribution in [1.29, 1.82) is 0 Å². The number of hydrogen-bond donors (Lipinski definition) is 1. The molecule has 2 rings (SSSR count). The molecule has 4 heteroatoms. The van der Waals surface area contributed by atoms with Gasteiger partial charge in [0.2, 0.25) is 0 Å². The molecule has 0 bridgehead atoms. The lowest BCUT2D eigenvalue weighted by atomic mass is 9.94. The Morgan fingerprint density at radius 1 is 1.47 bits per heavy atom. The maximum Gasteiger partial charge on any atom is 0.126 e. The van der Waals surface area contributed by atoms with Gasteiger partial charge >= 0.3 is 0 Å². The maximum atomic E-state index is 13.6.